The molecule has 0 unspecified atom stereocenters. The molecule has 2 rings (SSSR count). The lowest BCUT2D eigenvalue weighted by molar-refractivity contribution is 0.978. The molecule has 0 saturated carbocycles. The molecule has 84 valence electrons. The van der Waals surface area contributed by atoms with Gasteiger partial charge in [-0.2, -0.15) is 0 Å². The number of alkyl halides is 2. The van der Waals surface area contributed by atoms with Gasteiger partial charge in [-0.15, -0.1) is 0 Å². The Balaban J connectivity index is 2.56. The Kier molecular flexibility index (Phi) is 3.14. The summed E-state index contributed by atoms with van der Waals surface area (Å²) in [5.74, 6) is 0. The van der Waals surface area contributed by atoms with Gasteiger partial charge in [0.2, 0.25) is 0 Å². The Bertz CT molecular complexity index is 468. The Morgan fingerprint density at radius 2 is 1.94 bits per heavy atom. The van der Waals surface area contributed by atoms with Crippen LogP contribution in [-0.4, -0.2) is 4.33 Å². The van der Waals surface area contributed by atoms with Crippen molar-refractivity contribution in [3.05, 3.63) is 53.1 Å². The maximum atomic E-state index is 6.34. The molecule has 2 heteroatoms. The van der Waals surface area contributed by atoms with E-state index in [1.54, 1.807) is 0 Å². The predicted molar refractivity (Wildman–Crippen MR) is 72.1 cm³/mol. The number of allylic oxidation sites excluding steroid dienone is 4. The predicted octanol–water partition coefficient (Wildman–Crippen LogP) is 4.82. The third kappa shape index (κ3) is 2.05. The standard InChI is InChI=1S/C14H14Cl2/c1-10-6-5-7-12(11(10)2)13-8-3-4-9-14(13,15)16/h3-8H,9H2,1-2H3. The second-order valence-corrected chi connectivity index (χ2v) is 5.65. The van der Waals surface area contributed by atoms with Crippen LogP contribution in [0.3, 0.4) is 0 Å². The Morgan fingerprint density at radius 3 is 2.62 bits per heavy atom. The van der Waals surface area contributed by atoms with Gasteiger partial charge in [0, 0.05) is 6.42 Å². The molecule has 0 heterocycles. The van der Waals surface area contributed by atoms with Crippen LogP contribution in [0.4, 0.5) is 0 Å². The zero-order valence-corrected chi connectivity index (χ0v) is 10.9. The van der Waals surface area contributed by atoms with E-state index in [1.807, 2.05) is 24.3 Å². The van der Waals surface area contributed by atoms with Crippen LogP contribution in [0.1, 0.15) is 23.1 Å². The molecule has 1 aromatic rings. The van der Waals surface area contributed by atoms with Crippen LogP contribution in [0.25, 0.3) is 5.57 Å². The van der Waals surface area contributed by atoms with Crippen molar-refractivity contribution in [2.75, 3.05) is 0 Å². The van der Waals surface area contributed by atoms with Gasteiger partial charge in [0.15, 0.2) is 0 Å². The first-order valence-corrected chi connectivity index (χ1v) is 6.10. The molecule has 0 nitrogen and oxygen atoms in total. The van der Waals surface area contributed by atoms with Crippen LogP contribution in [-0.2, 0) is 0 Å². The average Bonchev–Trinajstić information content (AvgIpc) is 2.22. The summed E-state index contributed by atoms with van der Waals surface area (Å²) in [6.07, 6.45) is 6.68. The lowest BCUT2D eigenvalue weighted by Crippen LogP contribution is -2.17. The van der Waals surface area contributed by atoms with E-state index in [-0.39, 0.29) is 0 Å². The molecule has 1 aliphatic rings. The number of hydrogen-bond acceptors (Lipinski definition) is 0. The number of aryl methyl sites for hydroxylation is 1. The summed E-state index contributed by atoms with van der Waals surface area (Å²) in [7, 11) is 0. The van der Waals surface area contributed by atoms with E-state index in [0.717, 1.165) is 11.1 Å². The van der Waals surface area contributed by atoms with Crippen LogP contribution in [0, 0.1) is 13.8 Å². The van der Waals surface area contributed by atoms with Gasteiger partial charge >= 0.3 is 0 Å². The van der Waals surface area contributed by atoms with Gasteiger partial charge < -0.3 is 0 Å². The van der Waals surface area contributed by atoms with Crippen molar-refractivity contribution in [1.29, 1.82) is 0 Å². The molecule has 1 aliphatic carbocycles. The quantitative estimate of drug-likeness (QED) is 0.629. The third-order valence-corrected chi connectivity index (χ3v) is 3.78. The van der Waals surface area contributed by atoms with E-state index in [2.05, 4.69) is 26.0 Å². The summed E-state index contributed by atoms with van der Waals surface area (Å²) >= 11 is 12.7. The first kappa shape index (κ1) is 11.8. The minimum atomic E-state index is -0.798. The van der Waals surface area contributed by atoms with Gasteiger partial charge in [0.05, 0.1) is 0 Å². The van der Waals surface area contributed by atoms with Gasteiger partial charge in [0.1, 0.15) is 4.33 Å². The molecule has 1 aromatic carbocycles. The van der Waals surface area contributed by atoms with Crippen LogP contribution < -0.4 is 0 Å². The minimum Gasteiger partial charge on any atom is -0.0959 e. The number of halogens is 2. The van der Waals surface area contributed by atoms with Gasteiger partial charge in [-0.05, 0) is 36.1 Å². The SMILES string of the molecule is Cc1cccc(C2=CC=CCC2(Cl)Cl)c1C. The average molecular weight is 253 g/mol. The second kappa shape index (κ2) is 4.27. The fourth-order valence-electron chi connectivity index (χ4n) is 1.94. The van der Waals surface area contributed by atoms with Crippen LogP contribution in [0.2, 0.25) is 0 Å². The zero-order chi connectivity index (χ0) is 11.8. The van der Waals surface area contributed by atoms with E-state index in [1.165, 1.54) is 11.1 Å². The van der Waals surface area contributed by atoms with Crippen molar-refractivity contribution in [2.45, 2.75) is 24.6 Å². The van der Waals surface area contributed by atoms with E-state index in [4.69, 9.17) is 23.2 Å². The highest BCUT2D eigenvalue weighted by molar-refractivity contribution is 6.54. The summed E-state index contributed by atoms with van der Waals surface area (Å²) in [5, 5.41) is 0. The van der Waals surface area contributed by atoms with Gasteiger partial charge in [-0.1, -0.05) is 59.6 Å². The maximum Gasteiger partial charge on any atom is 0.147 e. The molecule has 0 saturated heterocycles. The molecule has 0 amide bonds. The Hall–Kier alpha value is -0.720. The molecular weight excluding hydrogens is 239 g/mol. The van der Waals surface area contributed by atoms with Crippen molar-refractivity contribution in [1.82, 2.24) is 0 Å². The third-order valence-electron chi connectivity index (χ3n) is 3.06. The van der Waals surface area contributed by atoms with Crippen LogP contribution in [0.5, 0.6) is 0 Å². The molecule has 0 atom stereocenters. The van der Waals surface area contributed by atoms with Crippen molar-refractivity contribution in [3.8, 4) is 0 Å². The highest BCUT2D eigenvalue weighted by Crippen LogP contribution is 2.43. The molecule has 0 fully saturated rings. The normalized spacial score (nSPS) is 18.4. The van der Waals surface area contributed by atoms with E-state index >= 15 is 0 Å². The Labute approximate surface area is 107 Å². The van der Waals surface area contributed by atoms with Crippen molar-refractivity contribution < 1.29 is 0 Å². The van der Waals surface area contributed by atoms with Gasteiger partial charge in [-0.25, -0.2) is 0 Å². The molecular formula is C14H14Cl2. The molecule has 0 N–H and O–H groups in total. The summed E-state index contributed by atoms with van der Waals surface area (Å²) in [5.41, 5.74) is 4.65. The first-order valence-electron chi connectivity index (χ1n) is 5.34. The van der Waals surface area contributed by atoms with Crippen LogP contribution >= 0.6 is 23.2 Å². The lowest BCUT2D eigenvalue weighted by Gasteiger charge is -2.26. The van der Waals surface area contributed by atoms with E-state index in [0.29, 0.717) is 6.42 Å². The topological polar surface area (TPSA) is 0 Å². The molecule has 0 aliphatic heterocycles. The summed E-state index contributed by atoms with van der Waals surface area (Å²) in [6, 6.07) is 6.22. The fourth-order valence-corrected chi connectivity index (χ4v) is 2.45. The molecule has 0 aromatic heterocycles. The largest absolute Gasteiger partial charge is 0.147 e. The maximum absolute atomic E-state index is 6.34. The first-order chi connectivity index (χ1) is 7.52. The smallest absolute Gasteiger partial charge is 0.0959 e. The Morgan fingerprint density at radius 1 is 1.19 bits per heavy atom. The molecule has 0 radical (unpaired) electrons. The summed E-state index contributed by atoms with van der Waals surface area (Å²) in [4.78, 5) is 0. The number of benzene rings is 1. The van der Waals surface area contributed by atoms with E-state index < -0.39 is 4.33 Å². The lowest BCUT2D eigenvalue weighted by atomic mass is 9.91. The number of hydrogen-bond donors (Lipinski definition) is 0. The highest BCUT2D eigenvalue weighted by atomic mass is 35.5. The minimum absolute atomic E-state index is 0.662. The van der Waals surface area contributed by atoms with Gasteiger partial charge in [0.25, 0.3) is 0 Å². The van der Waals surface area contributed by atoms with Crippen molar-refractivity contribution in [3.63, 3.8) is 0 Å². The van der Waals surface area contributed by atoms with Crippen molar-refractivity contribution in [2.24, 2.45) is 0 Å². The molecule has 16 heavy (non-hydrogen) atoms. The molecule has 0 spiro atoms. The number of rotatable bonds is 1. The van der Waals surface area contributed by atoms with Crippen molar-refractivity contribution >= 4 is 28.8 Å². The second-order valence-electron chi connectivity index (χ2n) is 4.16. The fraction of sp³-hybridized carbons (Fsp3) is 0.286. The summed E-state index contributed by atoms with van der Waals surface area (Å²) < 4.78 is -0.798. The molecule has 0 bridgehead atoms. The summed E-state index contributed by atoms with van der Waals surface area (Å²) in [6.45, 7) is 4.20. The zero-order valence-electron chi connectivity index (χ0n) is 9.43. The highest BCUT2D eigenvalue weighted by Gasteiger charge is 2.31. The van der Waals surface area contributed by atoms with Gasteiger partial charge in [-0.3, -0.25) is 0 Å². The van der Waals surface area contributed by atoms with E-state index in [9.17, 15) is 0 Å². The van der Waals surface area contributed by atoms with Crippen LogP contribution in [0.15, 0.2) is 36.4 Å². The monoisotopic (exact) mass is 252 g/mol.